The van der Waals surface area contributed by atoms with E-state index in [2.05, 4.69) is 10.6 Å². The van der Waals surface area contributed by atoms with Gasteiger partial charge in [0.2, 0.25) is 5.91 Å². The zero-order chi connectivity index (χ0) is 24.2. The van der Waals surface area contributed by atoms with Crippen LogP contribution in [-0.4, -0.2) is 35.7 Å². The fourth-order valence-corrected chi connectivity index (χ4v) is 3.61. The van der Waals surface area contributed by atoms with Gasteiger partial charge in [-0.05, 0) is 23.1 Å². The summed E-state index contributed by atoms with van der Waals surface area (Å²) in [7, 11) is 0. The van der Waals surface area contributed by atoms with Crippen LogP contribution in [0.1, 0.15) is 16.7 Å². The molecule has 2 atom stereocenters. The van der Waals surface area contributed by atoms with Gasteiger partial charge in [0.25, 0.3) is 0 Å². The van der Waals surface area contributed by atoms with Gasteiger partial charge in [-0.1, -0.05) is 91.0 Å². The fraction of sp³-hybridized carbons (Fsp3) is 0.222. The second-order valence-electron chi connectivity index (χ2n) is 7.80. The summed E-state index contributed by atoms with van der Waals surface area (Å²) in [5, 5.41) is 5.42. The maximum Gasteiger partial charge on any atom is 0.408 e. The second-order valence-corrected chi connectivity index (χ2v) is 8.07. The standard InChI is InChI=1S/C27H27ClN2O4/c28-18-25(31)23(16-20-10-4-1-5-11-20)29-26(32)24(17-21-12-6-2-7-13-21)30-27(33)34-19-22-14-8-3-9-15-22/h1-15,23-24H,16-19H2,(H,29,32)(H,30,33). The monoisotopic (exact) mass is 478 g/mol. The Bertz CT molecular complexity index is 1060. The van der Waals surface area contributed by atoms with Crippen molar-refractivity contribution in [2.45, 2.75) is 31.5 Å². The van der Waals surface area contributed by atoms with Crippen molar-refractivity contribution in [3.05, 3.63) is 108 Å². The molecule has 3 rings (SSSR count). The van der Waals surface area contributed by atoms with Crippen molar-refractivity contribution < 1.29 is 19.1 Å². The molecule has 2 N–H and O–H groups in total. The van der Waals surface area contributed by atoms with Gasteiger partial charge in [-0.2, -0.15) is 0 Å². The van der Waals surface area contributed by atoms with E-state index in [1.807, 2.05) is 91.0 Å². The Labute approximate surface area is 204 Å². The minimum Gasteiger partial charge on any atom is -0.445 e. The Balaban J connectivity index is 1.70. The first-order chi connectivity index (χ1) is 16.5. The van der Waals surface area contributed by atoms with Gasteiger partial charge in [0.1, 0.15) is 12.6 Å². The molecule has 3 aromatic carbocycles. The van der Waals surface area contributed by atoms with Crippen LogP contribution < -0.4 is 10.6 Å². The van der Waals surface area contributed by atoms with Crippen LogP contribution in [0.2, 0.25) is 0 Å². The highest BCUT2D eigenvalue weighted by Crippen LogP contribution is 2.09. The first kappa shape index (κ1) is 25.0. The molecule has 0 spiro atoms. The van der Waals surface area contributed by atoms with Crippen LogP contribution in [0.15, 0.2) is 91.0 Å². The summed E-state index contributed by atoms with van der Waals surface area (Å²) in [4.78, 5) is 38.1. The molecule has 2 amide bonds. The van der Waals surface area contributed by atoms with Crippen LogP contribution >= 0.6 is 11.6 Å². The molecule has 3 aromatic rings. The molecule has 0 aliphatic carbocycles. The van der Waals surface area contributed by atoms with E-state index in [4.69, 9.17) is 16.3 Å². The number of Topliss-reactive ketones (excluding diaryl/α,β-unsaturated/α-hetero) is 1. The highest BCUT2D eigenvalue weighted by atomic mass is 35.5. The molecule has 176 valence electrons. The third-order valence-electron chi connectivity index (χ3n) is 5.22. The smallest absolute Gasteiger partial charge is 0.408 e. The maximum absolute atomic E-state index is 13.2. The summed E-state index contributed by atoms with van der Waals surface area (Å²) in [5.41, 5.74) is 2.58. The average Bonchev–Trinajstić information content (AvgIpc) is 2.88. The van der Waals surface area contributed by atoms with Gasteiger partial charge < -0.3 is 15.4 Å². The normalized spacial score (nSPS) is 12.3. The van der Waals surface area contributed by atoms with Gasteiger partial charge in [-0.3, -0.25) is 9.59 Å². The largest absolute Gasteiger partial charge is 0.445 e. The first-order valence-electron chi connectivity index (χ1n) is 11.0. The van der Waals surface area contributed by atoms with Crippen LogP contribution in [0.3, 0.4) is 0 Å². The predicted octanol–water partition coefficient (Wildman–Crippen LogP) is 4.06. The number of ether oxygens (including phenoxy) is 1. The molecule has 0 bridgehead atoms. The van der Waals surface area contributed by atoms with E-state index in [9.17, 15) is 14.4 Å². The van der Waals surface area contributed by atoms with Crippen molar-refractivity contribution >= 4 is 29.4 Å². The maximum atomic E-state index is 13.2. The fourth-order valence-electron chi connectivity index (χ4n) is 3.43. The third kappa shape index (κ3) is 8.05. The molecule has 6 nitrogen and oxygen atoms in total. The minimum absolute atomic E-state index is 0.0771. The molecular formula is C27H27ClN2O4. The second kappa shape index (κ2) is 13.2. The van der Waals surface area contributed by atoms with Crippen molar-refractivity contribution in [3.63, 3.8) is 0 Å². The zero-order valence-corrected chi connectivity index (χ0v) is 19.4. The molecule has 0 aliphatic rings. The van der Waals surface area contributed by atoms with Gasteiger partial charge >= 0.3 is 6.09 Å². The number of nitrogens with one attached hydrogen (secondary N) is 2. The minimum atomic E-state index is -0.938. The number of ketones is 1. The first-order valence-corrected chi connectivity index (χ1v) is 11.5. The highest BCUT2D eigenvalue weighted by Gasteiger charge is 2.27. The molecule has 0 aromatic heterocycles. The molecular weight excluding hydrogens is 452 g/mol. The lowest BCUT2D eigenvalue weighted by atomic mass is 10.0. The number of carbonyl (C=O) groups excluding carboxylic acids is 3. The molecule has 0 fully saturated rings. The van der Waals surface area contributed by atoms with Crippen LogP contribution in [0.25, 0.3) is 0 Å². The lowest BCUT2D eigenvalue weighted by Crippen LogP contribution is -2.53. The number of halogens is 1. The quantitative estimate of drug-likeness (QED) is 0.407. The number of carbonyl (C=O) groups is 3. The van der Waals surface area contributed by atoms with Gasteiger partial charge in [-0.25, -0.2) is 4.79 Å². The van der Waals surface area contributed by atoms with Gasteiger partial charge in [0.05, 0.1) is 11.9 Å². The summed E-state index contributed by atoms with van der Waals surface area (Å²) < 4.78 is 5.30. The van der Waals surface area contributed by atoms with Gasteiger partial charge in [0, 0.05) is 6.42 Å². The molecule has 0 radical (unpaired) electrons. The predicted molar refractivity (Wildman–Crippen MR) is 132 cm³/mol. The number of hydrogen-bond donors (Lipinski definition) is 2. The van der Waals surface area contributed by atoms with Crippen LogP contribution in [-0.2, 0) is 33.8 Å². The molecule has 0 saturated heterocycles. The number of amides is 2. The van der Waals surface area contributed by atoms with Crippen LogP contribution in [0.4, 0.5) is 4.79 Å². The Hall–Kier alpha value is -3.64. The molecule has 0 saturated carbocycles. The highest BCUT2D eigenvalue weighted by molar-refractivity contribution is 6.28. The van der Waals surface area contributed by atoms with Crippen LogP contribution in [0, 0.1) is 0 Å². The van der Waals surface area contributed by atoms with E-state index in [-0.39, 0.29) is 24.7 Å². The lowest BCUT2D eigenvalue weighted by molar-refractivity contribution is -0.128. The van der Waals surface area contributed by atoms with E-state index in [1.165, 1.54) is 0 Å². The number of rotatable bonds is 11. The summed E-state index contributed by atoms with van der Waals surface area (Å²) in [6.07, 6.45) is -0.183. The van der Waals surface area contributed by atoms with Gasteiger partial charge in [-0.15, -0.1) is 11.6 Å². The zero-order valence-electron chi connectivity index (χ0n) is 18.7. The Morgan fingerprint density at radius 2 is 1.15 bits per heavy atom. The Morgan fingerprint density at radius 1 is 0.676 bits per heavy atom. The molecule has 0 aliphatic heterocycles. The topological polar surface area (TPSA) is 84.5 Å². The Kier molecular flexibility index (Phi) is 9.67. The third-order valence-corrected chi connectivity index (χ3v) is 5.49. The van der Waals surface area contributed by atoms with E-state index < -0.39 is 24.1 Å². The van der Waals surface area contributed by atoms with Gasteiger partial charge in [0.15, 0.2) is 5.78 Å². The van der Waals surface area contributed by atoms with E-state index in [1.54, 1.807) is 0 Å². The molecule has 2 unspecified atom stereocenters. The molecule has 7 heteroatoms. The summed E-state index contributed by atoms with van der Waals surface area (Å²) in [5.74, 6) is -1.02. The summed E-state index contributed by atoms with van der Waals surface area (Å²) in [6.45, 7) is 0.0771. The van der Waals surface area contributed by atoms with Crippen molar-refractivity contribution in [1.29, 1.82) is 0 Å². The lowest BCUT2D eigenvalue weighted by Gasteiger charge is -2.23. The summed E-state index contributed by atoms with van der Waals surface area (Å²) in [6, 6.07) is 26.2. The van der Waals surface area contributed by atoms with E-state index in [0.29, 0.717) is 6.42 Å². The molecule has 0 heterocycles. The number of hydrogen-bond acceptors (Lipinski definition) is 4. The van der Waals surface area contributed by atoms with E-state index in [0.717, 1.165) is 16.7 Å². The van der Waals surface area contributed by atoms with E-state index >= 15 is 0 Å². The van der Waals surface area contributed by atoms with Crippen molar-refractivity contribution in [2.24, 2.45) is 0 Å². The van der Waals surface area contributed by atoms with Crippen LogP contribution in [0.5, 0.6) is 0 Å². The molecule has 34 heavy (non-hydrogen) atoms. The summed E-state index contributed by atoms with van der Waals surface area (Å²) >= 11 is 5.80. The number of alkyl carbamates (subject to hydrolysis) is 1. The SMILES string of the molecule is O=C(NC(Cc1ccccc1)C(=O)NC(Cc1ccccc1)C(=O)CCl)OCc1ccccc1. The number of benzene rings is 3. The van der Waals surface area contributed by atoms with Crippen molar-refractivity contribution in [3.8, 4) is 0 Å². The van der Waals surface area contributed by atoms with Crippen molar-refractivity contribution in [2.75, 3.05) is 5.88 Å². The Morgan fingerprint density at radius 3 is 1.65 bits per heavy atom. The van der Waals surface area contributed by atoms with Crippen molar-refractivity contribution in [1.82, 2.24) is 10.6 Å². The number of alkyl halides is 1. The average molecular weight is 479 g/mol.